The quantitative estimate of drug-likeness (QED) is 0.932. The Kier molecular flexibility index (Phi) is 4.21. The zero-order valence-electron chi connectivity index (χ0n) is 14.0. The number of amides is 1. The van der Waals surface area contributed by atoms with Gasteiger partial charge in [-0.3, -0.25) is 9.69 Å². The van der Waals surface area contributed by atoms with Crippen LogP contribution in [-0.2, 0) is 13.1 Å². The number of carbonyl (C=O) groups is 1. The summed E-state index contributed by atoms with van der Waals surface area (Å²) in [6, 6.07) is 2.18. The molecule has 3 rings (SSSR count). The van der Waals surface area contributed by atoms with Crippen LogP contribution in [0.4, 0.5) is 0 Å². The van der Waals surface area contributed by atoms with Gasteiger partial charge in [-0.25, -0.2) is 4.98 Å². The average Bonchev–Trinajstić information content (AvgIpc) is 3.08. The van der Waals surface area contributed by atoms with Gasteiger partial charge in [0.05, 0.1) is 11.7 Å². The van der Waals surface area contributed by atoms with Gasteiger partial charge >= 0.3 is 0 Å². The van der Waals surface area contributed by atoms with Crippen LogP contribution >= 0.6 is 0 Å². The van der Waals surface area contributed by atoms with Gasteiger partial charge in [-0.2, -0.15) is 0 Å². The van der Waals surface area contributed by atoms with E-state index in [0.29, 0.717) is 5.69 Å². The van der Waals surface area contributed by atoms with E-state index in [9.17, 15) is 4.79 Å². The van der Waals surface area contributed by atoms with Gasteiger partial charge < -0.3 is 14.4 Å². The lowest BCUT2D eigenvalue weighted by Gasteiger charge is -2.32. The number of aromatic nitrogens is 3. The van der Waals surface area contributed by atoms with E-state index in [4.69, 9.17) is 4.52 Å². The van der Waals surface area contributed by atoms with E-state index in [0.717, 1.165) is 36.9 Å². The largest absolute Gasteiger partial charge is 0.361 e. The molecule has 1 atom stereocenters. The Balaban J connectivity index is 1.75. The minimum Gasteiger partial charge on any atom is -0.361 e. The Hall–Kier alpha value is -2.15. The van der Waals surface area contributed by atoms with Crippen molar-refractivity contribution in [3.63, 3.8) is 0 Å². The number of carbonyl (C=O) groups excluding carboxylic acids is 1. The van der Waals surface area contributed by atoms with E-state index in [1.165, 1.54) is 0 Å². The maximum Gasteiger partial charge on any atom is 0.271 e. The molecular weight excluding hydrogens is 294 g/mol. The van der Waals surface area contributed by atoms with Crippen molar-refractivity contribution < 1.29 is 9.32 Å². The van der Waals surface area contributed by atoms with E-state index in [1.54, 1.807) is 0 Å². The highest BCUT2D eigenvalue weighted by molar-refractivity contribution is 5.92. The molecule has 1 N–H and O–H groups in total. The molecule has 23 heavy (non-hydrogen) atoms. The van der Waals surface area contributed by atoms with Gasteiger partial charge in [0.2, 0.25) is 0 Å². The van der Waals surface area contributed by atoms with Crippen molar-refractivity contribution >= 4 is 5.91 Å². The van der Waals surface area contributed by atoms with Crippen molar-refractivity contribution in [3.05, 3.63) is 35.2 Å². The molecule has 1 aliphatic rings. The number of imidazole rings is 1. The first kappa shape index (κ1) is 15.7. The first-order chi connectivity index (χ1) is 10.9. The molecule has 124 valence electrons. The van der Waals surface area contributed by atoms with Crippen molar-refractivity contribution in [2.75, 3.05) is 6.54 Å². The third-order valence-electron chi connectivity index (χ3n) is 4.05. The van der Waals surface area contributed by atoms with Gasteiger partial charge in [-0.1, -0.05) is 5.16 Å². The van der Waals surface area contributed by atoms with Crippen LogP contribution in [0.25, 0.3) is 0 Å². The summed E-state index contributed by atoms with van der Waals surface area (Å²) in [4.78, 5) is 19.0. The monoisotopic (exact) mass is 317 g/mol. The number of hydrogen-bond donors (Lipinski definition) is 1. The number of nitrogens with zero attached hydrogens (tertiary/aromatic N) is 4. The number of nitrogens with one attached hydrogen (secondary N) is 1. The molecule has 1 aliphatic heterocycles. The normalized spacial score (nSPS) is 18.2. The maximum absolute atomic E-state index is 12.1. The van der Waals surface area contributed by atoms with E-state index in [-0.39, 0.29) is 18.0 Å². The van der Waals surface area contributed by atoms with Crippen LogP contribution in [0.5, 0.6) is 0 Å². The molecule has 1 unspecified atom stereocenters. The lowest BCUT2D eigenvalue weighted by Crippen LogP contribution is -2.36. The molecule has 0 aromatic carbocycles. The van der Waals surface area contributed by atoms with E-state index in [2.05, 4.69) is 31.8 Å². The Morgan fingerprint density at radius 1 is 1.48 bits per heavy atom. The summed E-state index contributed by atoms with van der Waals surface area (Å²) < 4.78 is 7.21. The van der Waals surface area contributed by atoms with Gasteiger partial charge in [-0.15, -0.1) is 0 Å². The average molecular weight is 317 g/mol. The first-order valence-electron chi connectivity index (χ1n) is 7.98. The standard InChI is InChI=1S/C16H23N5O2/c1-10(2)17-16(22)14-9-21-6-5-20(12(4)15(21)18-14)8-13-7-11(3)23-19-13/h7,9-10,12H,5-6,8H2,1-4H3,(H,17,22). The second kappa shape index (κ2) is 6.16. The predicted octanol–water partition coefficient (Wildman–Crippen LogP) is 1.89. The van der Waals surface area contributed by atoms with Crippen LogP contribution in [0.15, 0.2) is 16.8 Å². The fraction of sp³-hybridized carbons (Fsp3) is 0.562. The summed E-state index contributed by atoms with van der Waals surface area (Å²) in [7, 11) is 0. The molecule has 3 heterocycles. The van der Waals surface area contributed by atoms with Crippen LogP contribution in [-0.4, -0.2) is 38.1 Å². The molecule has 0 spiro atoms. The van der Waals surface area contributed by atoms with Crippen LogP contribution in [0, 0.1) is 6.92 Å². The Labute approximate surface area is 135 Å². The molecule has 7 heteroatoms. The molecule has 0 saturated carbocycles. The van der Waals surface area contributed by atoms with Crippen molar-refractivity contribution in [3.8, 4) is 0 Å². The fourth-order valence-electron chi connectivity index (χ4n) is 2.90. The van der Waals surface area contributed by atoms with E-state index < -0.39 is 0 Å². The van der Waals surface area contributed by atoms with Gasteiger partial charge in [0.15, 0.2) is 0 Å². The molecular formula is C16H23N5O2. The molecule has 2 aromatic heterocycles. The van der Waals surface area contributed by atoms with Gasteiger partial charge in [0, 0.05) is 37.9 Å². The van der Waals surface area contributed by atoms with Gasteiger partial charge in [0.25, 0.3) is 5.91 Å². The summed E-state index contributed by atoms with van der Waals surface area (Å²) in [5.41, 5.74) is 1.41. The molecule has 1 amide bonds. The molecule has 0 radical (unpaired) electrons. The third-order valence-corrected chi connectivity index (χ3v) is 4.05. The predicted molar refractivity (Wildman–Crippen MR) is 84.9 cm³/mol. The smallest absolute Gasteiger partial charge is 0.271 e. The SMILES string of the molecule is Cc1cc(CN2CCn3cc(C(=O)NC(C)C)nc3C2C)no1. The van der Waals surface area contributed by atoms with E-state index >= 15 is 0 Å². The summed E-state index contributed by atoms with van der Waals surface area (Å²) in [5, 5.41) is 6.94. The summed E-state index contributed by atoms with van der Waals surface area (Å²) in [6.45, 7) is 10.3. The highest BCUT2D eigenvalue weighted by Gasteiger charge is 2.28. The Morgan fingerprint density at radius 2 is 2.26 bits per heavy atom. The summed E-state index contributed by atoms with van der Waals surface area (Å²) in [6.07, 6.45) is 1.85. The second-order valence-electron chi connectivity index (χ2n) is 6.38. The molecule has 7 nitrogen and oxygen atoms in total. The number of aryl methyl sites for hydroxylation is 1. The lowest BCUT2D eigenvalue weighted by molar-refractivity contribution is 0.0938. The van der Waals surface area contributed by atoms with Crippen LogP contribution < -0.4 is 5.32 Å². The van der Waals surface area contributed by atoms with Crippen molar-refractivity contribution in [2.45, 2.75) is 52.9 Å². The minimum atomic E-state index is -0.118. The zero-order valence-corrected chi connectivity index (χ0v) is 14.0. The fourth-order valence-corrected chi connectivity index (χ4v) is 2.90. The van der Waals surface area contributed by atoms with Crippen molar-refractivity contribution in [1.82, 2.24) is 24.9 Å². The Morgan fingerprint density at radius 3 is 2.91 bits per heavy atom. The molecule has 0 aliphatic carbocycles. The molecule has 2 aromatic rings. The number of fused-ring (bicyclic) bond motifs is 1. The number of hydrogen-bond acceptors (Lipinski definition) is 5. The number of rotatable bonds is 4. The highest BCUT2D eigenvalue weighted by Crippen LogP contribution is 2.26. The second-order valence-corrected chi connectivity index (χ2v) is 6.38. The lowest BCUT2D eigenvalue weighted by atomic mass is 10.2. The summed E-state index contributed by atoms with van der Waals surface area (Å²) in [5.74, 6) is 1.62. The maximum atomic E-state index is 12.1. The topological polar surface area (TPSA) is 76.2 Å². The van der Waals surface area contributed by atoms with Crippen molar-refractivity contribution in [2.24, 2.45) is 0 Å². The first-order valence-corrected chi connectivity index (χ1v) is 7.98. The Bertz CT molecular complexity index is 703. The molecule has 0 fully saturated rings. The molecule has 0 bridgehead atoms. The zero-order chi connectivity index (χ0) is 16.6. The van der Waals surface area contributed by atoms with E-state index in [1.807, 2.05) is 33.0 Å². The van der Waals surface area contributed by atoms with Crippen LogP contribution in [0.1, 0.15) is 54.6 Å². The summed E-state index contributed by atoms with van der Waals surface area (Å²) >= 11 is 0. The van der Waals surface area contributed by atoms with Gasteiger partial charge in [0.1, 0.15) is 17.3 Å². The minimum absolute atomic E-state index is 0.102. The highest BCUT2D eigenvalue weighted by atomic mass is 16.5. The third kappa shape index (κ3) is 3.29. The van der Waals surface area contributed by atoms with Crippen LogP contribution in [0.3, 0.4) is 0 Å². The van der Waals surface area contributed by atoms with Crippen LogP contribution in [0.2, 0.25) is 0 Å². The molecule has 0 saturated heterocycles. The van der Waals surface area contributed by atoms with Crippen molar-refractivity contribution in [1.29, 1.82) is 0 Å². The van der Waals surface area contributed by atoms with Gasteiger partial charge in [-0.05, 0) is 27.7 Å².